The van der Waals surface area contributed by atoms with Gasteiger partial charge in [-0.25, -0.2) is 4.79 Å². The van der Waals surface area contributed by atoms with Crippen LogP contribution in [-0.4, -0.2) is 42.3 Å². The number of rotatable bonds is 7. The van der Waals surface area contributed by atoms with Gasteiger partial charge in [-0.1, -0.05) is 25.4 Å². The monoisotopic (exact) mass is 286 g/mol. The zero-order valence-corrected chi connectivity index (χ0v) is 11.9. The van der Waals surface area contributed by atoms with Crippen LogP contribution in [0.25, 0.3) is 0 Å². The Morgan fingerprint density at radius 1 is 1.42 bits per heavy atom. The van der Waals surface area contributed by atoms with E-state index in [2.05, 4.69) is 18.7 Å². The Bertz CT molecular complexity index is 422. The highest BCUT2D eigenvalue weighted by Crippen LogP contribution is 2.21. The maximum Gasteiger partial charge on any atom is 0.339 e. The molecule has 0 unspecified atom stereocenters. The van der Waals surface area contributed by atoms with Crippen molar-refractivity contribution in [2.45, 2.75) is 13.8 Å². The average Bonchev–Trinajstić information content (AvgIpc) is 2.43. The highest BCUT2D eigenvalue weighted by molar-refractivity contribution is 6.33. The highest BCUT2D eigenvalue weighted by atomic mass is 35.5. The molecule has 0 aliphatic heterocycles. The smallest absolute Gasteiger partial charge is 0.339 e. The predicted octanol–water partition coefficient (Wildman–Crippen LogP) is 2.64. The maximum atomic E-state index is 11.8. The molecule has 0 spiro atoms. The van der Waals surface area contributed by atoms with Crippen LogP contribution in [0.2, 0.25) is 5.02 Å². The minimum absolute atomic E-state index is 0.242. The van der Waals surface area contributed by atoms with E-state index in [-0.39, 0.29) is 5.02 Å². The topological polar surface area (TPSA) is 61.8 Å². The van der Waals surface area contributed by atoms with Crippen LogP contribution in [0.3, 0.4) is 0 Å². The number of hydrogen-bond acceptors (Lipinski definition) is 5. The summed E-state index contributed by atoms with van der Waals surface area (Å²) in [5, 5.41) is 8.96. The first-order chi connectivity index (χ1) is 9.12. The Hall–Kier alpha value is -1.30. The third-order valence-electron chi connectivity index (χ3n) is 2.85. The zero-order chi connectivity index (χ0) is 14.3. The molecule has 19 heavy (non-hydrogen) atoms. The first-order valence-electron chi connectivity index (χ1n) is 6.21. The molecule has 6 heteroatoms. The van der Waals surface area contributed by atoms with Crippen molar-refractivity contribution in [3.05, 3.63) is 28.8 Å². The normalized spacial score (nSPS) is 10.6. The number of likely N-dealkylation sites (N-methyl/N-ethyl adjacent to an activating group) is 1. The van der Waals surface area contributed by atoms with Crippen LogP contribution in [0.15, 0.2) is 18.2 Å². The van der Waals surface area contributed by atoms with Gasteiger partial charge in [-0.15, -0.1) is 0 Å². The van der Waals surface area contributed by atoms with Crippen molar-refractivity contribution in [2.24, 2.45) is 0 Å². The number of esters is 1. The van der Waals surface area contributed by atoms with E-state index in [9.17, 15) is 4.79 Å². The number of anilines is 1. The van der Waals surface area contributed by atoms with Crippen LogP contribution in [0.5, 0.6) is 0 Å². The van der Waals surface area contributed by atoms with Crippen LogP contribution in [-0.2, 0) is 4.74 Å². The summed E-state index contributed by atoms with van der Waals surface area (Å²) in [6.07, 6.45) is 0. The van der Waals surface area contributed by atoms with Crippen LogP contribution in [0, 0.1) is 0 Å². The van der Waals surface area contributed by atoms with Crippen molar-refractivity contribution < 1.29 is 14.7 Å². The van der Waals surface area contributed by atoms with Gasteiger partial charge in [0.2, 0.25) is 0 Å². The van der Waals surface area contributed by atoms with E-state index < -0.39 is 5.97 Å². The SMILES string of the molecule is CCN(CC)CCOC(=O)c1ccc(NO)cc1Cl. The molecule has 0 saturated heterocycles. The first-order valence-corrected chi connectivity index (χ1v) is 6.59. The first kappa shape index (κ1) is 15.8. The fraction of sp³-hybridized carbons (Fsp3) is 0.462. The molecule has 2 N–H and O–H groups in total. The lowest BCUT2D eigenvalue weighted by molar-refractivity contribution is 0.0466. The zero-order valence-electron chi connectivity index (χ0n) is 11.1. The largest absolute Gasteiger partial charge is 0.461 e. The van der Waals surface area contributed by atoms with Crippen molar-refractivity contribution in [2.75, 3.05) is 31.7 Å². The molecule has 0 aromatic heterocycles. The van der Waals surface area contributed by atoms with Crippen LogP contribution in [0.4, 0.5) is 5.69 Å². The van der Waals surface area contributed by atoms with E-state index in [1.54, 1.807) is 6.07 Å². The summed E-state index contributed by atoms with van der Waals surface area (Å²) in [6, 6.07) is 4.52. The van der Waals surface area contributed by atoms with Gasteiger partial charge in [-0.05, 0) is 31.3 Å². The summed E-state index contributed by atoms with van der Waals surface area (Å²) in [4.78, 5) is 14.0. The van der Waals surface area contributed by atoms with E-state index in [4.69, 9.17) is 21.5 Å². The van der Waals surface area contributed by atoms with Crippen molar-refractivity contribution in [3.8, 4) is 0 Å². The lowest BCUT2D eigenvalue weighted by atomic mass is 10.2. The van der Waals surface area contributed by atoms with Crippen LogP contribution < -0.4 is 5.48 Å². The maximum absolute atomic E-state index is 11.8. The molecule has 106 valence electrons. The molecule has 1 aromatic rings. The standard InChI is InChI=1S/C13H19ClN2O3/c1-3-16(4-2)7-8-19-13(17)11-6-5-10(15-18)9-12(11)14/h5-6,9,15,18H,3-4,7-8H2,1-2H3. The average molecular weight is 287 g/mol. The summed E-state index contributed by atoms with van der Waals surface area (Å²) < 4.78 is 5.17. The molecule has 0 bridgehead atoms. The van der Waals surface area contributed by atoms with Gasteiger partial charge >= 0.3 is 5.97 Å². The highest BCUT2D eigenvalue weighted by Gasteiger charge is 2.12. The van der Waals surface area contributed by atoms with Gasteiger partial charge in [0.05, 0.1) is 16.3 Å². The Morgan fingerprint density at radius 3 is 2.63 bits per heavy atom. The van der Waals surface area contributed by atoms with Gasteiger partial charge in [-0.2, -0.15) is 0 Å². The number of halogens is 1. The molecule has 0 radical (unpaired) electrons. The Labute approximate surface area is 118 Å². The van der Waals surface area contributed by atoms with Gasteiger partial charge in [-0.3, -0.25) is 10.7 Å². The number of carbonyl (C=O) groups is 1. The number of ether oxygens (including phenoxy) is 1. The van der Waals surface area contributed by atoms with E-state index in [0.29, 0.717) is 24.4 Å². The molecule has 0 saturated carbocycles. The number of benzene rings is 1. The van der Waals surface area contributed by atoms with E-state index in [1.807, 2.05) is 5.48 Å². The van der Waals surface area contributed by atoms with Crippen LogP contribution in [0.1, 0.15) is 24.2 Å². The molecule has 0 atom stereocenters. The van der Waals surface area contributed by atoms with Gasteiger partial charge in [0.1, 0.15) is 6.61 Å². The molecular formula is C13H19ClN2O3. The van der Waals surface area contributed by atoms with E-state index in [1.165, 1.54) is 12.1 Å². The van der Waals surface area contributed by atoms with Crippen LogP contribution >= 0.6 is 11.6 Å². The summed E-state index contributed by atoms with van der Waals surface area (Å²) in [5.41, 5.74) is 2.68. The number of carbonyl (C=O) groups excluding carboxylic acids is 1. The minimum Gasteiger partial charge on any atom is -0.461 e. The predicted molar refractivity (Wildman–Crippen MR) is 74.9 cm³/mol. The lowest BCUT2D eigenvalue weighted by Crippen LogP contribution is -2.27. The Balaban J connectivity index is 2.54. The number of nitrogens with zero attached hydrogens (tertiary/aromatic N) is 1. The molecule has 0 heterocycles. The Kier molecular flexibility index (Phi) is 6.62. The van der Waals surface area contributed by atoms with Crippen molar-refractivity contribution in [1.82, 2.24) is 4.90 Å². The van der Waals surface area contributed by atoms with Gasteiger partial charge < -0.3 is 9.64 Å². The summed E-state index contributed by atoms with van der Waals surface area (Å²) in [5.74, 6) is -0.457. The Morgan fingerprint density at radius 2 is 2.11 bits per heavy atom. The van der Waals surface area contributed by atoms with Gasteiger partial charge in [0.15, 0.2) is 0 Å². The lowest BCUT2D eigenvalue weighted by Gasteiger charge is -2.17. The van der Waals surface area contributed by atoms with E-state index in [0.717, 1.165) is 13.1 Å². The molecular weight excluding hydrogens is 268 g/mol. The second-order valence-corrected chi connectivity index (χ2v) is 4.38. The second kappa shape index (κ2) is 7.99. The summed E-state index contributed by atoms with van der Waals surface area (Å²) >= 11 is 5.94. The molecule has 0 fully saturated rings. The quantitative estimate of drug-likeness (QED) is 0.596. The molecule has 0 amide bonds. The fourth-order valence-corrected chi connectivity index (χ4v) is 1.89. The van der Waals surface area contributed by atoms with Crippen molar-refractivity contribution >= 4 is 23.3 Å². The third kappa shape index (κ3) is 4.70. The van der Waals surface area contributed by atoms with Gasteiger partial charge in [0, 0.05) is 6.54 Å². The molecule has 1 aromatic carbocycles. The molecule has 0 aliphatic carbocycles. The second-order valence-electron chi connectivity index (χ2n) is 3.97. The summed E-state index contributed by atoms with van der Waals surface area (Å²) in [6.45, 7) is 6.99. The van der Waals surface area contributed by atoms with E-state index >= 15 is 0 Å². The van der Waals surface area contributed by atoms with Crippen molar-refractivity contribution in [3.63, 3.8) is 0 Å². The molecule has 0 aliphatic rings. The molecule has 5 nitrogen and oxygen atoms in total. The van der Waals surface area contributed by atoms with Gasteiger partial charge in [0.25, 0.3) is 0 Å². The molecule has 1 rings (SSSR count). The third-order valence-corrected chi connectivity index (χ3v) is 3.17. The fourth-order valence-electron chi connectivity index (χ4n) is 1.64. The minimum atomic E-state index is -0.457. The number of hydrogen-bond donors (Lipinski definition) is 2. The number of nitrogens with one attached hydrogen (secondary N) is 1. The summed E-state index contributed by atoms with van der Waals surface area (Å²) in [7, 11) is 0. The van der Waals surface area contributed by atoms with Crippen molar-refractivity contribution in [1.29, 1.82) is 0 Å².